The summed E-state index contributed by atoms with van der Waals surface area (Å²) in [6.45, 7) is 0.425. The minimum Gasteiger partial charge on any atom is -0.484 e. The van der Waals surface area contributed by atoms with E-state index in [0.29, 0.717) is 6.07 Å². The van der Waals surface area contributed by atoms with E-state index >= 15 is 0 Å². The second-order valence-corrected chi connectivity index (χ2v) is 4.56. The molecule has 0 aliphatic heterocycles. The lowest BCUT2D eigenvalue weighted by Gasteiger charge is -2.05. The summed E-state index contributed by atoms with van der Waals surface area (Å²) in [4.78, 5) is 19.0. The molecule has 0 saturated carbocycles. The number of hydrogen-bond acceptors (Lipinski definition) is 6. The summed E-state index contributed by atoms with van der Waals surface area (Å²) in [5.41, 5.74) is -0.973. The van der Waals surface area contributed by atoms with Gasteiger partial charge in [0.15, 0.2) is 5.75 Å². The van der Waals surface area contributed by atoms with Gasteiger partial charge in [-0.2, -0.15) is 4.39 Å². The third-order valence-corrected chi connectivity index (χ3v) is 2.77. The first-order chi connectivity index (χ1) is 12.3. The van der Waals surface area contributed by atoms with E-state index in [4.69, 9.17) is 9.47 Å². The highest BCUT2D eigenvalue weighted by molar-refractivity contribution is 5.46. The Morgan fingerprint density at radius 3 is 1.92 bits per heavy atom. The smallest absolute Gasteiger partial charge is 0.311 e. The predicted octanol–water partition coefficient (Wildman–Crippen LogP) is 3.63. The molecule has 26 heavy (non-hydrogen) atoms. The fourth-order valence-electron chi connectivity index (χ4n) is 1.62. The molecule has 2 rings (SSSR count). The quantitative estimate of drug-likeness (QED) is 0.434. The zero-order valence-electron chi connectivity index (χ0n) is 13.4. The van der Waals surface area contributed by atoms with Gasteiger partial charge >= 0.3 is 11.4 Å². The maximum absolute atomic E-state index is 12.8. The molecule has 0 aliphatic rings. The van der Waals surface area contributed by atoms with Gasteiger partial charge < -0.3 is 9.47 Å². The number of benzene rings is 2. The van der Waals surface area contributed by atoms with Crippen LogP contribution in [0.15, 0.2) is 36.4 Å². The zero-order valence-corrected chi connectivity index (χ0v) is 13.4. The predicted molar refractivity (Wildman–Crippen MR) is 83.4 cm³/mol. The molecule has 0 heterocycles. The normalized spacial score (nSPS) is 9.85. The number of ether oxygens (including phenoxy) is 2. The Bertz CT molecular complexity index is 788. The lowest BCUT2D eigenvalue weighted by molar-refractivity contribution is -0.387. The lowest BCUT2D eigenvalue weighted by atomic mass is 10.3. The van der Waals surface area contributed by atoms with Gasteiger partial charge in [0.1, 0.15) is 18.2 Å². The minimum atomic E-state index is -1.16. The number of nitro groups is 2. The second kappa shape index (κ2) is 9.93. The van der Waals surface area contributed by atoms with Gasteiger partial charge in [-0.15, -0.1) is 0 Å². The fraction of sp³-hybridized carbons (Fsp3) is 0.200. The number of halogens is 3. The highest BCUT2D eigenvalue weighted by atomic mass is 19.1. The molecular formula is C15H13F3N2O6. The van der Waals surface area contributed by atoms with Crippen molar-refractivity contribution in [1.29, 1.82) is 0 Å². The molecule has 2 aromatic rings. The molecule has 11 heteroatoms. The van der Waals surface area contributed by atoms with E-state index in [9.17, 15) is 33.4 Å². The van der Waals surface area contributed by atoms with Crippen LogP contribution in [0.4, 0.5) is 24.5 Å². The van der Waals surface area contributed by atoms with E-state index in [-0.39, 0.29) is 24.7 Å². The number of hydrogen-bond donors (Lipinski definition) is 0. The van der Waals surface area contributed by atoms with Crippen molar-refractivity contribution < 1.29 is 32.5 Å². The van der Waals surface area contributed by atoms with Gasteiger partial charge in [0.05, 0.1) is 16.5 Å². The minimum absolute atomic E-state index is 0.0861. The highest BCUT2D eigenvalue weighted by Gasteiger charge is 2.15. The molecule has 0 fully saturated rings. The monoisotopic (exact) mass is 374 g/mol. The second-order valence-electron chi connectivity index (χ2n) is 4.56. The van der Waals surface area contributed by atoms with Crippen LogP contribution in [0, 0.1) is 37.7 Å². The summed E-state index contributed by atoms with van der Waals surface area (Å²) in [5.74, 6) is -2.65. The maximum atomic E-state index is 12.8. The van der Waals surface area contributed by atoms with Gasteiger partial charge in [0, 0.05) is 31.4 Å². The van der Waals surface area contributed by atoms with E-state index in [2.05, 4.69) is 0 Å². The van der Waals surface area contributed by atoms with E-state index in [0.717, 1.165) is 30.3 Å². The Balaban J connectivity index is 0.000000273. The molecule has 0 saturated heterocycles. The number of nitro benzene ring substituents is 2. The van der Waals surface area contributed by atoms with Crippen LogP contribution in [0.3, 0.4) is 0 Å². The zero-order chi connectivity index (χ0) is 19.7. The molecule has 0 atom stereocenters. The molecule has 0 amide bonds. The Kier molecular flexibility index (Phi) is 7.96. The average molecular weight is 374 g/mol. The van der Waals surface area contributed by atoms with Crippen molar-refractivity contribution in [2.45, 2.75) is 0 Å². The number of methoxy groups -OCH3 is 1. The topological polar surface area (TPSA) is 105 Å². The molecule has 0 bridgehead atoms. The van der Waals surface area contributed by atoms with Crippen molar-refractivity contribution in [3.8, 4) is 5.75 Å². The van der Waals surface area contributed by atoms with E-state index < -0.39 is 33.0 Å². The van der Waals surface area contributed by atoms with Gasteiger partial charge in [-0.3, -0.25) is 20.2 Å². The van der Waals surface area contributed by atoms with Crippen LogP contribution in [0.2, 0.25) is 0 Å². The number of nitrogens with zero attached hydrogens (tertiary/aromatic N) is 2. The Morgan fingerprint density at radius 1 is 0.885 bits per heavy atom. The van der Waals surface area contributed by atoms with Crippen LogP contribution < -0.4 is 4.74 Å². The lowest BCUT2D eigenvalue weighted by Crippen LogP contribution is -2.06. The summed E-state index contributed by atoms with van der Waals surface area (Å²) in [5, 5.41) is 20.5. The fourth-order valence-corrected chi connectivity index (χ4v) is 1.62. The molecule has 0 unspecified atom stereocenters. The van der Waals surface area contributed by atoms with Crippen LogP contribution >= 0.6 is 0 Å². The molecule has 140 valence electrons. The molecular weight excluding hydrogens is 361 g/mol. The molecule has 2 aromatic carbocycles. The Morgan fingerprint density at radius 2 is 1.42 bits per heavy atom. The van der Waals surface area contributed by atoms with E-state index in [1.807, 2.05) is 0 Å². The largest absolute Gasteiger partial charge is 0.484 e. The summed E-state index contributed by atoms with van der Waals surface area (Å²) in [6, 6.07) is 5.15. The summed E-state index contributed by atoms with van der Waals surface area (Å²) < 4.78 is 47.1. The van der Waals surface area contributed by atoms with Crippen LogP contribution in [0.5, 0.6) is 5.75 Å². The summed E-state index contributed by atoms with van der Waals surface area (Å²) in [6.07, 6.45) is 0. The highest BCUT2D eigenvalue weighted by Crippen LogP contribution is 2.27. The SMILES string of the molecule is COCCOc1cc(F)ccc1[N+](=O)[O-].O=[N+]([O-])c1ccc(F)cc1F. The Hall–Kier alpha value is -3.21. The van der Waals surface area contributed by atoms with Crippen molar-refractivity contribution in [2.75, 3.05) is 20.3 Å². The van der Waals surface area contributed by atoms with Crippen molar-refractivity contribution in [3.05, 3.63) is 74.1 Å². The van der Waals surface area contributed by atoms with Gasteiger partial charge in [0.25, 0.3) is 0 Å². The van der Waals surface area contributed by atoms with Crippen LogP contribution in [0.1, 0.15) is 0 Å². The van der Waals surface area contributed by atoms with Crippen molar-refractivity contribution >= 4 is 11.4 Å². The van der Waals surface area contributed by atoms with E-state index in [1.54, 1.807) is 0 Å². The number of rotatable bonds is 6. The molecule has 0 aliphatic carbocycles. The van der Waals surface area contributed by atoms with E-state index in [1.165, 1.54) is 7.11 Å². The first-order valence-corrected chi connectivity index (χ1v) is 6.91. The van der Waals surface area contributed by atoms with Crippen LogP contribution in [-0.2, 0) is 4.74 Å². The van der Waals surface area contributed by atoms with Crippen molar-refractivity contribution in [1.82, 2.24) is 0 Å². The first kappa shape index (κ1) is 20.8. The van der Waals surface area contributed by atoms with Gasteiger partial charge in [-0.05, 0) is 12.1 Å². The van der Waals surface area contributed by atoms with Crippen LogP contribution in [0.25, 0.3) is 0 Å². The van der Waals surface area contributed by atoms with Gasteiger partial charge in [-0.1, -0.05) is 0 Å². The third kappa shape index (κ3) is 6.36. The summed E-state index contributed by atoms with van der Waals surface area (Å²) in [7, 11) is 1.48. The third-order valence-electron chi connectivity index (χ3n) is 2.77. The van der Waals surface area contributed by atoms with Crippen molar-refractivity contribution in [3.63, 3.8) is 0 Å². The maximum Gasteiger partial charge on any atom is 0.311 e. The van der Waals surface area contributed by atoms with Crippen LogP contribution in [-0.4, -0.2) is 30.2 Å². The molecule has 0 N–H and O–H groups in total. The van der Waals surface area contributed by atoms with Crippen molar-refractivity contribution in [2.24, 2.45) is 0 Å². The standard InChI is InChI=1S/C9H10FNO4.C6H3F2NO2/c1-14-4-5-15-9-6-7(10)2-3-8(9)11(12)13;7-4-1-2-6(9(10)11)5(8)3-4/h2-3,6H,4-5H2,1H3;1-3H. The molecule has 0 aromatic heterocycles. The molecule has 0 spiro atoms. The molecule has 0 radical (unpaired) electrons. The average Bonchev–Trinajstić information content (AvgIpc) is 2.55. The molecule has 8 nitrogen and oxygen atoms in total. The van der Waals surface area contributed by atoms with Gasteiger partial charge in [-0.25, -0.2) is 8.78 Å². The van der Waals surface area contributed by atoms with Gasteiger partial charge in [0.2, 0.25) is 5.82 Å². The summed E-state index contributed by atoms with van der Waals surface area (Å²) >= 11 is 0. The first-order valence-electron chi connectivity index (χ1n) is 6.91. The Labute approximate surface area is 145 Å².